The largest absolute Gasteiger partial charge is 1.00 e. The molecule has 0 saturated heterocycles. The predicted octanol–water partition coefficient (Wildman–Crippen LogP) is -1.22. The summed E-state index contributed by atoms with van der Waals surface area (Å²) in [7, 11) is 0. The van der Waals surface area contributed by atoms with Gasteiger partial charge in [0.2, 0.25) is 0 Å². The Labute approximate surface area is 59.8 Å². The molecule has 2 N–H and O–H groups in total. The van der Waals surface area contributed by atoms with Crippen molar-refractivity contribution in [2.24, 2.45) is 0 Å². The third-order valence-corrected chi connectivity index (χ3v) is 0.571. The summed E-state index contributed by atoms with van der Waals surface area (Å²) in [6.45, 7) is 0. The molecule has 0 radical (unpaired) electrons. The number of imidazole rings is 1. The van der Waals surface area contributed by atoms with Crippen molar-refractivity contribution in [1.29, 1.82) is 0 Å². The van der Waals surface area contributed by atoms with Gasteiger partial charge in [0.1, 0.15) is 0 Å². The Bertz CT molecular complexity index is 220. The van der Waals surface area contributed by atoms with E-state index in [1.807, 2.05) is 4.98 Å². The van der Waals surface area contributed by atoms with E-state index in [0.29, 0.717) is 0 Å². The van der Waals surface area contributed by atoms with Gasteiger partial charge >= 0.3 is 22.4 Å². The number of hydrogen-bond donors (Lipinski definition) is 2. The molecule has 1 aromatic rings. The molecule has 0 aromatic carbocycles. The average molecular weight is 207 g/mol. The van der Waals surface area contributed by atoms with E-state index >= 15 is 0 Å². The number of nitrogens with one attached hydrogen (secondary N) is 2. The summed E-state index contributed by atoms with van der Waals surface area (Å²) in [5.74, 6) is 0. The predicted molar refractivity (Wildman–Crippen MR) is 23.3 cm³/mol. The molecule has 8 heavy (non-hydrogen) atoms. The summed E-state index contributed by atoms with van der Waals surface area (Å²) in [6, 6.07) is 0. The zero-order valence-corrected chi connectivity index (χ0v) is 5.18. The van der Waals surface area contributed by atoms with E-state index in [-0.39, 0.29) is 27.9 Å². The fourth-order valence-corrected chi connectivity index (χ4v) is 0.315. The van der Waals surface area contributed by atoms with Crippen LogP contribution in [0.5, 0.6) is 0 Å². The average Bonchev–Trinajstić information content (AvgIpc) is 1.87. The van der Waals surface area contributed by atoms with Gasteiger partial charge in [-0.3, -0.25) is 4.79 Å². The van der Waals surface area contributed by atoms with Gasteiger partial charge in [-0.05, 0) is 0 Å². The molecule has 0 atom stereocenters. The first kappa shape index (κ1) is 7.55. The summed E-state index contributed by atoms with van der Waals surface area (Å²) >= 11 is 0. The number of hydrogen-bond acceptors (Lipinski definition) is 2. The molecule has 1 aromatic heterocycles. The first-order valence-electron chi connectivity index (χ1n) is 1.74. The number of H-pyrrole nitrogens is 2. The van der Waals surface area contributed by atoms with Crippen molar-refractivity contribution in [3.63, 3.8) is 0 Å². The fraction of sp³-hybridized carbons (Fsp3) is 0. The van der Waals surface area contributed by atoms with Gasteiger partial charge in [-0.25, -0.2) is 0 Å². The van der Waals surface area contributed by atoms with Gasteiger partial charge in [-0.1, -0.05) is 6.20 Å². The maximum Gasteiger partial charge on any atom is 1.00 e. The van der Waals surface area contributed by atoms with Crippen molar-refractivity contribution < 1.29 is 22.4 Å². The molecule has 0 spiro atoms. The molecule has 0 amide bonds. The molecule has 0 bridgehead atoms. The topological polar surface area (TPSA) is 65.7 Å². The van der Waals surface area contributed by atoms with Crippen molar-refractivity contribution in [2.45, 2.75) is 0 Å². The molecule has 4 nitrogen and oxygen atoms in total. The normalized spacial score (nSPS) is 8.00. The van der Waals surface area contributed by atoms with E-state index < -0.39 is 5.69 Å². The molecular weight excluding hydrogens is 204 g/mol. The van der Waals surface area contributed by atoms with Crippen molar-refractivity contribution in [3.05, 3.63) is 27.0 Å². The number of aromatic amines is 2. The van der Waals surface area contributed by atoms with Crippen LogP contribution in [0.4, 0.5) is 0 Å². The van der Waals surface area contributed by atoms with E-state index in [1.165, 1.54) is 0 Å². The van der Waals surface area contributed by atoms with Crippen molar-refractivity contribution >= 4 is 0 Å². The Balaban J connectivity index is 0.000000490. The Kier molecular flexibility index (Phi) is 2.60. The SMILES string of the molecule is O=c1[cH-][nH]c(=O)[nH]1.[Ag+]. The molecule has 0 unspecified atom stereocenters. The Morgan fingerprint density at radius 2 is 2.00 bits per heavy atom. The second-order valence-electron chi connectivity index (χ2n) is 1.11. The zero-order chi connectivity index (χ0) is 5.28. The van der Waals surface area contributed by atoms with Gasteiger partial charge in [0.15, 0.2) is 11.2 Å². The van der Waals surface area contributed by atoms with Crippen LogP contribution in [0.15, 0.2) is 15.8 Å². The van der Waals surface area contributed by atoms with E-state index in [1.54, 1.807) is 0 Å². The molecule has 0 aliphatic heterocycles. The summed E-state index contributed by atoms with van der Waals surface area (Å²) < 4.78 is 0. The van der Waals surface area contributed by atoms with Crippen molar-refractivity contribution in [1.82, 2.24) is 9.97 Å². The van der Waals surface area contributed by atoms with Crippen LogP contribution in [0.25, 0.3) is 0 Å². The Morgan fingerprint density at radius 3 is 2.12 bits per heavy atom. The third kappa shape index (κ3) is 1.57. The minimum atomic E-state index is -0.454. The second-order valence-corrected chi connectivity index (χ2v) is 1.11. The molecule has 0 aliphatic rings. The van der Waals surface area contributed by atoms with Crippen LogP contribution in [0.3, 0.4) is 0 Å². The van der Waals surface area contributed by atoms with E-state index in [2.05, 4.69) is 4.98 Å². The Hall–Kier alpha value is -0.450. The standard InChI is InChI=1S/C3H3N2O2.Ag/c6-2-1-4-3(7)5-2;/h1H,(H2,4,5,6,7);/q-1;+1. The fourth-order valence-electron chi connectivity index (χ4n) is 0.315. The van der Waals surface area contributed by atoms with Gasteiger partial charge in [0.25, 0.3) is 0 Å². The minimum absolute atomic E-state index is 0. The van der Waals surface area contributed by atoms with Crippen LogP contribution >= 0.6 is 0 Å². The van der Waals surface area contributed by atoms with Crippen LogP contribution < -0.4 is 11.2 Å². The summed E-state index contributed by atoms with van der Waals surface area (Å²) in [5, 5.41) is 0. The monoisotopic (exact) mass is 206 g/mol. The summed E-state index contributed by atoms with van der Waals surface area (Å²) in [5.41, 5.74) is -0.838. The van der Waals surface area contributed by atoms with Crippen LogP contribution in [0.1, 0.15) is 0 Å². The smallest absolute Gasteiger partial charge is 0.466 e. The first-order chi connectivity index (χ1) is 3.29. The van der Waals surface area contributed by atoms with Gasteiger partial charge < -0.3 is 14.8 Å². The van der Waals surface area contributed by atoms with Crippen molar-refractivity contribution in [2.75, 3.05) is 0 Å². The van der Waals surface area contributed by atoms with Crippen LogP contribution in [-0.4, -0.2) is 9.97 Å². The molecule has 0 saturated carbocycles. The summed E-state index contributed by atoms with van der Waals surface area (Å²) in [4.78, 5) is 24.1. The van der Waals surface area contributed by atoms with E-state index in [0.717, 1.165) is 6.20 Å². The van der Waals surface area contributed by atoms with Gasteiger partial charge in [0, 0.05) is 0 Å². The number of aromatic nitrogens is 2. The third-order valence-electron chi connectivity index (χ3n) is 0.571. The molecular formula is C3H3AgN2O2. The first-order valence-corrected chi connectivity index (χ1v) is 1.74. The molecule has 1 heterocycles. The van der Waals surface area contributed by atoms with Gasteiger partial charge in [0.05, 0.1) is 0 Å². The van der Waals surface area contributed by atoms with Crippen LogP contribution in [0.2, 0.25) is 0 Å². The van der Waals surface area contributed by atoms with E-state index in [9.17, 15) is 9.59 Å². The summed E-state index contributed by atoms with van der Waals surface area (Å²) in [6.07, 6.45) is 1.07. The number of rotatable bonds is 0. The quantitative estimate of drug-likeness (QED) is 0.413. The molecule has 1 rings (SSSR count). The zero-order valence-electron chi connectivity index (χ0n) is 3.70. The molecule has 5 heteroatoms. The van der Waals surface area contributed by atoms with Crippen molar-refractivity contribution in [3.8, 4) is 0 Å². The van der Waals surface area contributed by atoms with Gasteiger partial charge in [-0.15, -0.1) is 0 Å². The Morgan fingerprint density at radius 1 is 1.38 bits per heavy atom. The molecule has 48 valence electrons. The maximum atomic E-state index is 10.0. The molecule has 0 fully saturated rings. The molecule has 0 aliphatic carbocycles. The van der Waals surface area contributed by atoms with Gasteiger partial charge in [-0.2, -0.15) is 0 Å². The minimum Gasteiger partial charge on any atom is -0.466 e. The second kappa shape index (κ2) is 2.76. The van der Waals surface area contributed by atoms with E-state index in [4.69, 9.17) is 0 Å². The van der Waals surface area contributed by atoms with Crippen LogP contribution in [0, 0.1) is 0 Å². The van der Waals surface area contributed by atoms with Crippen LogP contribution in [-0.2, 0) is 22.4 Å². The maximum absolute atomic E-state index is 10.0.